The van der Waals surface area contributed by atoms with Gasteiger partial charge in [-0.15, -0.1) is 11.3 Å². The van der Waals surface area contributed by atoms with Gasteiger partial charge in [0.15, 0.2) is 0 Å². The fourth-order valence-corrected chi connectivity index (χ4v) is 3.77. The molecule has 110 valence electrons. The molecule has 8 heteroatoms. The first kappa shape index (κ1) is 15.2. The van der Waals surface area contributed by atoms with Crippen LogP contribution < -0.4 is 10.5 Å². The SMILES string of the molecule is CCc1ccsc1CNS(=O)(=O)c1cnn(CCN)c1. The van der Waals surface area contributed by atoms with Gasteiger partial charge in [-0.3, -0.25) is 4.68 Å². The zero-order chi connectivity index (χ0) is 14.6. The molecule has 0 spiro atoms. The van der Waals surface area contributed by atoms with Crippen molar-refractivity contribution in [2.45, 2.75) is 31.3 Å². The fraction of sp³-hybridized carbons (Fsp3) is 0.417. The molecular formula is C12H18N4O2S2. The number of aromatic nitrogens is 2. The topological polar surface area (TPSA) is 90.0 Å². The van der Waals surface area contributed by atoms with Gasteiger partial charge in [-0.2, -0.15) is 5.10 Å². The number of rotatable bonds is 7. The maximum absolute atomic E-state index is 12.2. The summed E-state index contributed by atoms with van der Waals surface area (Å²) in [6.07, 6.45) is 3.73. The van der Waals surface area contributed by atoms with Crippen molar-refractivity contribution in [3.05, 3.63) is 34.3 Å². The zero-order valence-corrected chi connectivity index (χ0v) is 12.9. The lowest BCUT2D eigenvalue weighted by atomic mass is 10.2. The summed E-state index contributed by atoms with van der Waals surface area (Å²) < 4.78 is 28.4. The van der Waals surface area contributed by atoms with E-state index in [4.69, 9.17) is 5.73 Å². The van der Waals surface area contributed by atoms with E-state index in [1.165, 1.54) is 22.6 Å². The summed E-state index contributed by atoms with van der Waals surface area (Å²) in [5, 5.41) is 5.94. The van der Waals surface area contributed by atoms with Gasteiger partial charge >= 0.3 is 0 Å². The van der Waals surface area contributed by atoms with Gasteiger partial charge in [0.2, 0.25) is 10.0 Å². The third-order valence-corrected chi connectivity index (χ3v) is 5.24. The molecule has 0 amide bonds. The third-order valence-electron chi connectivity index (χ3n) is 2.92. The predicted octanol–water partition coefficient (Wildman–Crippen LogP) is 0.944. The Morgan fingerprint density at radius 2 is 2.30 bits per heavy atom. The zero-order valence-electron chi connectivity index (χ0n) is 11.2. The predicted molar refractivity (Wildman–Crippen MR) is 79.0 cm³/mol. The van der Waals surface area contributed by atoms with Crippen LogP contribution in [0.3, 0.4) is 0 Å². The molecule has 0 radical (unpaired) electrons. The van der Waals surface area contributed by atoms with Gasteiger partial charge in [-0.25, -0.2) is 13.1 Å². The van der Waals surface area contributed by atoms with Crippen LogP contribution in [-0.4, -0.2) is 24.7 Å². The number of hydrogen-bond donors (Lipinski definition) is 2. The van der Waals surface area contributed by atoms with Gasteiger partial charge in [-0.05, 0) is 23.4 Å². The van der Waals surface area contributed by atoms with Crippen LogP contribution in [0.1, 0.15) is 17.4 Å². The van der Waals surface area contributed by atoms with Gasteiger partial charge in [0.05, 0.1) is 12.7 Å². The van der Waals surface area contributed by atoms with Crippen molar-refractivity contribution >= 4 is 21.4 Å². The summed E-state index contributed by atoms with van der Waals surface area (Å²) in [5.41, 5.74) is 6.59. The Balaban J connectivity index is 2.07. The molecule has 0 bridgehead atoms. The molecule has 3 N–H and O–H groups in total. The number of sulfonamides is 1. The summed E-state index contributed by atoms with van der Waals surface area (Å²) in [7, 11) is -3.53. The molecule has 2 rings (SSSR count). The first-order valence-electron chi connectivity index (χ1n) is 6.34. The molecule has 0 atom stereocenters. The highest BCUT2D eigenvalue weighted by molar-refractivity contribution is 7.89. The highest BCUT2D eigenvalue weighted by Crippen LogP contribution is 2.18. The lowest BCUT2D eigenvalue weighted by Crippen LogP contribution is -2.23. The summed E-state index contributed by atoms with van der Waals surface area (Å²) >= 11 is 1.56. The van der Waals surface area contributed by atoms with Crippen LogP contribution in [0.4, 0.5) is 0 Å². The van der Waals surface area contributed by atoms with Crippen molar-refractivity contribution in [3.8, 4) is 0 Å². The molecule has 0 aliphatic heterocycles. The van der Waals surface area contributed by atoms with Crippen LogP contribution in [-0.2, 0) is 29.5 Å². The van der Waals surface area contributed by atoms with E-state index in [-0.39, 0.29) is 4.90 Å². The molecule has 2 heterocycles. The molecule has 0 aromatic carbocycles. The Morgan fingerprint density at radius 3 is 3.00 bits per heavy atom. The second-order valence-electron chi connectivity index (χ2n) is 4.27. The quantitative estimate of drug-likeness (QED) is 0.796. The molecule has 0 fully saturated rings. The first-order valence-corrected chi connectivity index (χ1v) is 8.70. The molecule has 6 nitrogen and oxygen atoms in total. The van der Waals surface area contributed by atoms with E-state index in [9.17, 15) is 8.42 Å². The van der Waals surface area contributed by atoms with Gasteiger partial charge in [-0.1, -0.05) is 6.92 Å². The largest absolute Gasteiger partial charge is 0.329 e. The van der Waals surface area contributed by atoms with Crippen molar-refractivity contribution in [1.82, 2.24) is 14.5 Å². The number of nitrogens with one attached hydrogen (secondary N) is 1. The normalized spacial score (nSPS) is 11.9. The Morgan fingerprint density at radius 1 is 1.50 bits per heavy atom. The summed E-state index contributed by atoms with van der Waals surface area (Å²) in [4.78, 5) is 1.21. The Labute approximate surface area is 122 Å². The lowest BCUT2D eigenvalue weighted by Gasteiger charge is -2.05. The minimum Gasteiger partial charge on any atom is -0.329 e. The van der Waals surface area contributed by atoms with Crippen molar-refractivity contribution in [2.24, 2.45) is 5.73 Å². The molecule has 2 aromatic heterocycles. The Bertz CT molecular complexity index is 661. The number of nitrogens with zero attached hydrogens (tertiary/aromatic N) is 2. The maximum atomic E-state index is 12.2. The first-order chi connectivity index (χ1) is 9.56. The van der Waals surface area contributed by atoms with Crippen LogP contribution >= 0.6 is 11.3 Å². The molecule has 0 aliphatic carbocycles. The molecular weight excluding hydrogens is 296 g/mol. The lowest BCUT2D eigenvalue weighted by molar-refractivity contribution is 0.580. The van der Waals surface area contributed by atoms with E-state index in [0.717, 1.165) is 11.3 Å². The van der Waals surface area contributed by atoms with Crippen molar-refractivity contribution in [1.29, 1.82) is 0 Å². The summed E-state index contributed by atoms with van der Waals surface area (Å²) in [6.45, 7) is 3.28. The average molecular weight is 314 g/mol. The number of aryl methyl sites for hydroxylation is 1. The molecule has 0 aliphatic rings. The van der Waals surface area contributed by atoms with E-state index >= 15 is 0 Å². The number of nitrogens with two attached hydrogens (primary N) is 1. The van der Waals surface area contributed by atoms with E-state index in [1.54, 1.807) is 11.3 Å². The standard InChI is InChI=1S/C12H18N4O2S2/c1-2-10-3-6-19-12(10)8-15-20(17,18)11-7-14-16(9-11)5-4-13/h3,6-7,9,15H,2,4-5,8,13H2,1H3. The van der Waals surface area contributed by atoms with Crippen molar-refractivity contribution in [3.63, 3.8) is 0 Å². The van der Waals surface area contributed by atoms with Crippen molar-refractivity contribution < 1.29 is 8.42 Å². The van der Waals surface area contributed by atoms with Crippen LogP contribution in [0.5, 0.6) is 0 Å². The maximum Gasteiger partial charge on any atom is 0.244 e. The van der Waals surface area contributed by atoms with E-state index in [2.05, 4.69) is 16.7 Å². The second kappa shape index (κ2) is 6.49. The van der Waals surface area contributed by atoms with Gasteiger partial charge < -0.3 is 5.73 Å². The summed E-state index contributed by atoms with van der Waals surface area (Å²) in [6, 6.07) is 2.02. The highest BCUT2D eigenvalue weighted by Gasteiger charge is 2.17. The minimum absolute atomic E-state index is 0.167. The molecule has 20 heavy (non-hydrogen) atoms. The average Bonchev–Trinajstić information content (AvgIpc) is 3.05. The fourth-order valence-electron chi connectivity index (χ4n) is 1.82. The number of thiophene rings is 1. The van der Waals surface area contributed by atoms with Gasteiger partial charge in [0, 0.05) is 24.2 Å². The van der Waals surface area contributed by atoms with Gasteiger partial charge in [0.25, 0.3) is 0 Å². The monoisotopic (exact) mass is 314 g/mol. The number of hydrogen-bond acceptors (Lipinski definition) is 5. The Hall–Kier alpha value is -1.22. The van der Waals surface area contributed by atoms with E-state index in [0.29, 0.717) is 19.6 Å². The molecule has 0 unspecified atom stereocenters. The van der Waals surface area contributed by atoms with Gasteiger partial charge in [0.1, 0.15) is 4.90 Å². The second-order valence-corrected chi connectivity index (χ2v) is 7.04. The Kier molecular flexibility index (Phi) is 4.92. The van der Waals surface area contributed by atoms with E-state index in [1.807, 2.05) is 11.4 Å². The molecule has 0 saturated heterocycles. The third kappa shape index (κ3) is 3.45. The minimum atomic E-state index is -3.53. The smallest absolute Gasteiger partial charge is 0.244 e. The van der Waals surface area contributed by atoms with Crippen LogP contribution in [0.15, 0.2) is 28.7 Å². The van der Waals surface area contributed by atoms with E-state index < -0.39 is 10.0 Å². The summed E-state index contributed by atoms with van der Waals surface area (Å²) in [5.74, 6) is 0. The van der Waals surface area contributed by atoms with Crippen LogP contribution in [0, 0.1) is 0 Å². The molecule has 2 aromatic rings. The van der Waals surface area contributed by atoms with Crippen LogP contribution in [0.25, 0.3) is 0 Å². The van der Waals surface area contributed by atoms with Crippen molar-refractivity contribution in [2.75, 3.05) is 6.54 Å². The van der Waals surface area contributed by atoms with Crippen LogP contribution in [0.2, 0.25) is 0 Å². The molecule has 0 saturated carbocycles. The highest BCUT2D eigenvalue weighted by atomic mass is 32.2.